The Hall–Kier alpha value is -3.01. The highest BCUT2D eigenvalue weighted by atomic mass is 35.5. The van der Waals surface area contributed by atoms with E-state index < -0.39 is 58.7 Å². The molecule has 2 aromatic rings. The number of benzene rings is 2. The van der Waals surface area contributed by atoms with Gasteiger partial charge >= 0.3 is 5.92 Å². The lowest BCUT2D eigenvalue weighted by atomic mass is 9.40. The predicted octanol–water partition coefficient (Wildman–Crippen LogP) is 0.731. The Kier molecular flexibility index (Phi) is 6.86. The first-order valence-electron chi connectivity index (χ1n) is 10.8. The monoisotopic (exact) mass is 511 g/mol. The van der Waals surface area contributed by atoms with Crippen LogP contribution in [-0.2, 0) is 33.4 Å². The molecule has 0 aromatic heterocycles. The summed E-state index contributed by atoms with van der Waals surface area (Å²) in [6.45, 7) is -0.561. The van der Waals surface area contributed by atoms with Crippen molar-refractivity contribution in [1.29, 1.82) is 0 Å². The van der Waals surface area contributed by atoms with E-state index in [1.165, 1.54) is 30.3 Å². The number of hydrogen-bond acceptors (Lipinski definition) is 4. The Labute approximate surface area is 222 Å². The lowest BCUT2D eigenvalue weighted by Crippen LogP contribution is -2.62. The van der Waals surface area contributed by atoms with Crippen molar-refractivity contribution in [1.82, 2.24) is 14.5 Å². The maximum Gasteiger partial charge on any atom is 0.348 e. The Morgan fingerprint density at radius 3 is 2.38 bits per heavy atom. The molecule has 1 fully saturated rings. The third kappa shape index (κ3) is 4.49. The zero-order chi connectivity index (χ0) is 27.4. The zero-order valence-electron chi connectivity index (χ0n) is 19.1. The molecule has 2 aliphatic heterocycles. The first kappa shape index (κ1) is 27.0. The fourth-order valence-electron chi connectivity index (χ4n) is 4.29. The van der Waals surface area contributed by atoms with Crippen molar-refractivity contribution in [2.24, 2.45) is 0 Å². The molecule has 4 amide bonds. The minimum atomic E-state index is -3.91. The molecule has 2 aliphatic rings. The van der Waals surface area contributed by atoms with E-state index in [1.54, 1.807) is 0 Å². The van der Waals surface area contributed by atoms with Crippen LogP contribution in [0, 0.1) is 0 Å². The molecule has 7 nitrogen and oxygen atoms in total. The summed E-state index contributed by atoms with van der Waals surface area (Å²) in [6, 6.07) is 7.35. The molecule has 176 valence electrons. The van der Waals surface area contributed by atoms with Crippen LogP contribution < -0.4 is 0 Å². The Balaban J connectivity index is 1.53. The van der Waals surface area contributed by atoms with Gasteiger partial charge in [0.15, 0.2) is 0 Å². The lowest BCUT2D eigenvalue weighted by Gasteiger charge is -2.48. The third-order valence-corrected chi connectivity index (χ3v) is 6.65. The molecule has 2 heterocycles. The number of piperidine rings is 1. The maximum atomic E-state index is 14.7. The number of alkyl halides is 2. The van der Waals surface area contributed by atoms with Gasteiger partial charge in [0.05, 0.1) is 23.5 Å². The molecule has 2 unspecified atom stereocenters. The first-order chi connectivity index (χ1) is 17.2. The van der Waals surface area contributed by atoms with Crippen molar-refractivity contribution in [3.8, 4) is 0 Å². The standard InChI is InChI=1S/C22H13B5ClF2N3O4/c23-16-15(18(35)33(27)19(36)21(16,24)25)31-9-11-7-10(1-6-14(11)17(31)34)8-32(26)20(37)22(29,30)12-2-4-13(28)5-3-12/h1-7,15-16H,8-9H2. The smallest absolute Gasteiger partial charge is 0.348 e. The van der Waals surface area contributed by atoms with Gasteiger partial charge in [0.1, 0.15) is 6.04 Å². The average molecular weight is 511 g/mol. The lowest BCUT2D eigenvalue weighted by molar-refractivity contribution is -0.154. The molecule has 10 radical (unpaired) electrons. The van der Waals surface area contributed by atoms with Crippen molar-refractivity contribution in [2.45, 2.75) is 36.1 Å². The molecule has 0 aliphatic carbocycles. The summed E-state index contributed by atoms with van der Waals surface area (Å²) in [5.74, 6) is -9.70. The summed E-state index contributed by atoms with van der Waals surface area (Å²) in [7, 11) is 28.8. The summed E-state index contributed by atoms with van der Waals surface area (Å²) in [5, 5.41) is -1.98. The van der Waals surface area contributed by atoms with E-state index in [4.69, 9.17) is 51.1 Å². The molecular formula is C22H13B5ClF2N3O4. The second-order valence-corrected chi connectivity index (χ2v) is 9.29. The molecule has 2 atom stereocenters. The molecule has 0 saturated carbocycles. The number of rotatable bonds is 5. The van der Waals surface area contributed by atoms with Gasteiger partial charge in [-0.25, -0.2) is 0 Å². The van der Waals surface area contributed by atoms with Gasteiger partial charge in [-0.3, -0.25) is 19.2 Å². The van der Waals surface area contributed by atoms with Crippen LogP contribution in [0.3, 0.4) is 0 Å². The van der Waals surface area contributed by atoms with Gasteiger partial charge in [0.2, 0.25) is 27.8 Å². The Bertz CT molecular complexity index is 1310. The fraction of sp³-hybridized carbons (Fsp3) is 0.273. The fourth-order valence-corrected chi connectivity index (χ4v) is 4.41. The average Bonchev–Trinajstić information content (AvgIpc) is 3.17. The highest BCUT2D eigenvalue weighted by Gasteiger charge is 2.52. The van der Waals surface area contributed by atoms with Gasteiger partial charge in [-0.05, 0) is 40.4 Å². The van der Waals surface area contributed by atoms with E-state index in [-0.39, 0.29) is 21.9 Å². The summed E-state index contributed by atoms with van der Waals surface area (Å²) >= 11 is 5.72. The zero-order valence-corrected chi connectivity index (χ0v) is 19.9. The van der Waals surface area contributed by atoms with Crippen molar-refractivity contribution in [3.05, 3.63) is 69.7 Å². The van der Waals surface area contributed by atoms with Gasteiger partial charge in [-0.15, -0.1) is 0 Å². The number of hydrogen-bond donors (Lipinski definition) is 0. The number of nitrogens with zero attached hydrogens (tertiary/aromatic N) is 3. The van der Waals surface area contributed by atoms with Gasteiger partial charge < -0.3 is 14.5 Å². The molecule has 1 saturated heterocycles. The third-order valence-electron chi connectivity index (χ3n) is 6.40. The maximum absolute atomic E-state index is 14.7. The van der Waals surface area contributed by atoms with E-state index in [0.29, 0.717) is 15.9 Å². The molecule has 0 N–H and O–H groups in total. The largest absolute Gasteiger partial charge is 0.387 e. The topological polar surface area (TPSA) is 78.0 Å². The van der Waals surface area contributed by atoms with Gasteiger partial charge in [-0.2, -0.15) is 8.78 Å². The van der Waals surface area contributed by atoms with Crippen LogP contribution in [0.1, 0.15) is 27.0 Å². The summed E-state index contributed by atoms with van der Waals surface area (Å²) < 4.78 is 29.4. The van der Waals surface area contributed by atoms with Gasteiger partial charge in [0, 0.05) is 29.2 Å². The summed E-state index contributed by atoms with van der Waals surface area (Å²) in [5.41, 5.74) is 0.334. The predicted molar refractivity (Wildman–Crippen MR) is 133 cm³/mol. The van der Waals surface area contributed by atoms with Crippen molar-refractivity contribution in [2.75, 3.05) is 0 Å². The summed E-state index contributed by atoms with van der Waals surface area (Å²) in [4.78, 5) is 52.0. The first-order valence-corrected chi connectivity index (χ1v) is 11.2. The number of imide groups is 1. The van der Waals surface area contributed by atoms with Crippen LogP contribution >= 0.6 is 11.6 Å². The van der Waals surface area contributed by atoms with Crippen LogP contribution in [0.2, 0.25) is 16.1 Å². The highest BCUT2D eigenvalue weighted by molar-refractivity contribution is 6.57. The van der Waals surface area contributed by atoms with Crippen LogP contribution in [-0.4, -0.2) is 83.7 Å². The van der Waals surface area contributed by atoms with E-state index in [9.17, 15) is 28.0 Å². The van der Waals surface area contributed by atoms with E-state index in [1.807, 2.05) is 0 Å². The van der Waals surface area contributed by atoms with Crippen LogP contribution in [0.15, 0.2) is 42.5 Å². The van der Waals surface area contributed by atoms with Crippen molar-refractivity contribution < 1.29 is 28.0 Å². The second-order valence-electron chi connectivity index (χ2n) is 8.86. The molecular weight excluding hydrogens is 498 g/mol. The number of amides is 4. The Morgan fingerprint density at radius 1 is 1.14 bits per heavy atom. The molecule has 4 rings (SSSR count). The number of carbonyl (C=O) groups is 4. The highest BCUT2D eigenvalue weighted by Crippen LogP contribution is 2.44. The van der Waals surface area contributed by atoms with Crippen molar-refractivity contribution >= 4 is 74.7 Å². The SMILES string of the molecule is [B]C1C(N2Cc3cc(CN([B])C(=O)C(F)(F)c4ccc(Cl)cc4)ccc3C2=O)C(=O)N([B])C(=O)C1([B])[B]. The molecule has 37 heavy (non-hydrogen) atoms. The van der Waals surface area contributed by atoms with Crippen LogP contribution in [0.25, 0.3) is 0 Å². The van der Waals surface area contributed by atoms with Gasteiger partial charge in [-0.1, -0.05) is 35.9 Å². The van der Waals surface area contributed by atoms with Crippen LogP contribution in [0.5, 0.6) is 0 Å². The number of fused-ring (bicyclic) bond motifs is 1. The molecule has 2 aromatic carbocycles. The molecule has 0 spiro atoms. The number of halogens is 3. The van der Waals surface area contributed by atoms with Crippen LogP contribution in [0.4, 0.5) is 8.78 Å². The Morgan fingerprint density at radius 2 is 1.76 bits per heavy atom. The second kappa shape index (κ2) is 9.38. The van der Waals surface area contributed by atoms with E-state index >= 15 is 0 Å². The minimum Gasteiger partial charge on any atom is -0.387 e. The van der Waals surface area contributed by atoms with Crippen molar-refractivity contribution in [3.63, 3.8) is 0 Å². The molecule has 0 bridgehead atoms. The summed E-state index contributed by atoms with van der Waals surface area (Å²) in [6.07, 6.45) is 0. The minimum absolute atomic E-state index is 0.149. The molecule has 15 heteroatoms. The quantitative estimate of drug-likeness (QED) is 0.439. The normalized spacial score (nSPS) is 21.2. The van der Waals surface area contributed by atoms with E-state index in [0.717, 1.165) is 17.0 Å². The number of carbonyl (C=O) groups excluding carboxylic acids is 4. The van der Waals surface area contributed by atoms with E-state index in [2.05, 4.69) is 0 Å². The van der Waals surface area contributed by atoms with Gasteiger partial charge in [0.25, 0.3) is 11.8 Å².